The molecule has 1 N–H and O–H groups in total. The molecule has 0 saturated carbocycles. The van der Waals surface area contributed by atoms with E-state index in [1.54, 1.807) is 11.8 Å². The van der Waals surface area contributed by atoms with Gasteiger partial charge in [-0.1, -0.05) is 30.3 Å². The van der Waals surface area contributed by atoms with Crippen LogP contribution in [0.3, 0.4) is 0 Å². The van der Waals surface area contributed by atoms with E-state index in [-0.39, 0.29) is 6.10 Å². The van der Waals surface area contributed by atoms with Gasteiger partial charge >= 0.3 is 0 Å². The summed E-state index contributed by atoms with van der Waals surface area (Å²) in [4.78, 5) is 0. The Morgan fingerprint density at radius 3 is 2.53 bits per heavy atom. The highest BCUT2D eigenvalue weighted by atomic mass is 16.5. The number of nitrogens with zero attached hydrogens (tertiary/aromatic N) is 2. The summed E-state index contributed by atoms with van der Waals surface area (Å²) < 4.78 is 7.24. The number of aryl methyl sites for hydroxylation is 2. The van der Waals surface area contributed by atoms with Gasteiger partial charge in [-0.2, -0.15) is 5.10 Å². The zero-order valence-electron chi connectivity index (χ0n) is 11.6. The van der Waals surface area contributed by atoms with Crippen molar-refractivity contribution in [1.82, 2.24) is 9.78 Å². The van der Waals surface area contributed by atoms with Crippen LogP contribution in [0.2, 0.25) is 0 Å². The Kier molecular flexibility index (Phi) is 4.35. The summed E-state index contributed by atoms with van der Waals surface area (Å²) in [5.41, 5.74) is 2.94. The van der Waals surface area contributed by atoms with Gasteiger partial charge in [-0.05, 0) is 18.6 Å². The molecule has 0 amide bonds. The van der Waals surface area contributed by atoms with Gasteiger partial charge in [0.05, 0.1) is 11.8 Å². The summed E-state index contributed by atoms with van der Waals surface area (Å²) in [7, 11) is 3.51. The lowest BCUT2D eigenvalue weighted by Gasteiger charge is -2.22. The van der Waals surface area contributed by atoms with Crippen molar-refractivity contribution < 1.29 is 9.84 Å². The molecule has 0 fully saturated rings. The van der Waals surface area contributed by atoms with Gasteiger partial charge in [-0.25, -0.2) is 0 Å². The molecule has 0 bridgehead atoms. The third-order valence-corrected chi connectivity index (χ3v) is 3.25. The van der Waals surface area contributed by atoms with Gasteiger partial charge < -0.3 is 9.84 Å². The highest BCUT2D eigenvalue weighted by Crippen LogP contribution is 2.23. The fraction of sp³-hybridized carbons (Fsp3) is 0.400. The zero-order chi connectivity index (χ0) is 13.8. The van der Waals surface area contributed by atoms with E-state index in [9.17, 15) is 5.11 Å². The highest BCUT2D eigenvalue weighted by molar-refractivity contribution is 5.20. The molecule has 102 valence electrons. The van der Waals surface area contributed by atoms with E-state index in [0.717, 1.165) is 17.0 Å². The normalized spacial score (nSPS) is 14.3. The molecule has 1 heterocycles. The lowest BCUT2D eigenvalue weighted by atomic mass is 10.0. The Morgan fingerprint density at radius 2 is 2.00 bits per heavy atom. The Bertz CT molecular complexity index is 522. The fourth-order valence-corrected chi connectivity index (χ4v) is 2.33. The summed E-state index contributed by atoms with van der Waals surface area (Å²) in [6, 6.07) is 11.8. The number of ether oxygens (including phenoxy) is 1. The Morgan fingerprint density at radius 1 is 1.32 bits per heavy atom. The lowest BCUT2D eigenvalue weighted by molar-refractivity contribution is -0.0136. The molecule has 0 radical (unpaired) electrons. The first-order chi connectivity index (χ1) is 9.11. The molecule has 0 aliphatic rings. The monoisotopic (exact) mass is 260 g/mol. The molecular weight excluding hydrogens is 240 g/mol. The van der Waals surface area contributed by atoms with Crippen LogP contribution in [0.4, 0.5) is 0 Å². The predicted molar refractivity (Wildman–Crippen MR) is 73.8 cm³/mol. The molecule has 0 aliphatic heterocycles. The molecule has 0 aliphatic carbocycles. The molecule has 4 nitrogen and oxygen atoms in total. The summed E-state index contributed by atoms with van der Waals surface area (Å²) in [6.45, 7) is 1.95. The van der Waals surface area contributed by atoms with Crippen molar-refractivity contribution in [3.8, 4) is 0 Å². The number of hydrogen-bond donors (Lipinski definition) is 1. The quantitative estimate of drug-likeness (QED) is 0.894. The summed E-state index contributed by atoms with van der Waals surface area (Å²) >= 11 is 0. The van der Waals surface area contributed by atoms with E-state index in [4.69, 9.17) is 4.74 Å². The van der Waals surface area contributed by atoms with Crippen LogP contribution in [-0.4, -0.2) is 28.1 Å². The van der Waals surface area contributed by atoms with Crippen LogP contribution < -0.4 is 0 Å². The SMILES string of the molecule is COC(c1ccccc1)C(O)Cc1cc(C)nn1C. The van der Waals surface area contributed by atoms with Crippen molar-refractivity contribution in [1.29, 1.82) is 0 Å². The number of benzene rings is 1. The third-order valence-electron chi connectivity index (χ3n) is 3.25. The molecule has 2 atom stereocenters. The Labute approximate surface area is 113 Å². The minimum Gasteiger partial charge on any atom is -0.390 e. The second kappa shape index (κ2) is 5.99. The lowest BCUT2D eigenvalue weighted by Crippen LogP contribution is -2.23. The van der Waals surface area contributed by atoms with Crippen LogP contribution in [0.25, 0.3) is 0 Å². The van der Waals surface area contributed by atoms with Crippen molar-refractivity contribution in [2.45, 2.75) is 25.6 Å². The predicted octanol–water partition coefficient (Wildman–Crippen LogP) is 2.02. The minimum absolute atomic E-state index is 0.323. The number of hydrogen-bond acceptors (Lipinski definition) is 3. The van der Waals surface area contributed by atoms with Crippen molar-refractivity contribution in [3.05, 3.63) is 53.3 Å². The maximum atomic E-state index is 10.4. The number of aliphatic hydroxyl groups is 1. The van der Waals surface area contributed by atoms with E-state index in [1.807, 2.05) is 50.4 Å². The maximum Gasteiger partial charge on any atom is 0.108 e. The molecule has 2 unspecified atom stereocenters. The van der Waals surface area contributed by atoms with Crippen molar-refractivity contribution in [2.75, 3.05) is 7.11 Å². The number of aliphatic hydroxyl groups excluding tert-OH is 1. The van der Waals surface area contributed by atoms with Gasteiger partial charge in [0.15, 0.2) is 0 Å². The van der Waals surface area contributed by atoms with Gasteiger partial charge in [0.25, 0.3) is 0 Å². The largest absolute Gasteiger partial charge is 0.390 e. The smallest absolute Gasteiger partial charge is 0.108 e. The number of rotatable bonds is 5. The van der Waals surface area contributed by atoms with E-state index >= 15 is 0 Å². The van der Waals surface area contributed by atoms with Gasteiger partial charge in [0.2, 0.25) is 0 Å². The Hall–Kier alpha value is -1.65. The number of aromatic nitrogens is 2. The van der Waals surface area contributed by atoms with Crippen LogP contribution >= 0.6 is 0 Å². The summed E-state index contributed by atoms with van der Waals surface area (Å²) in [5.74, 6) is 0. The first-order valence-electron chi connectivity index (χ1n) is 6.37. The van der Waals surface area contributed by atoms with Gasteiger partial charge in [-0.3, -0.25) is 4.68 Å². The summed E-state index contributed by atoms with van der Waals surface area (Å²) in [5, 5.41) is 14.7. The van der Waals surface area contributed by atoms with Crippen molar-refractivity contribution >= 4 is 0 Å². The highest BCUT2D eigenvalue weighted by Gasteiger charge is 2.22. The van der Waals surface area contributed by atoms with E-state index < -0.39 is 6.10 Å². The Balaban J connectivity index is 2.13. The van der Waals surface area contributed by atoms with Crippen LogP contribution in [0.5, 0.6) is 0 Å². The zero-order valence-corrected chi connectivity index (χ0v) is 11.6. The van der Waals surface area contributed by atoms with Crippen LogP contribution in [0.1, 0.15) is 23.1 Å². The topological polar surface area (TPSA) is 47.3 Å². The molecule has 1 aromatic heterocycles. The summed E-state index contributed by atoms with van der Waals surface area (Å²) in [6.07, 6.45) is -0.399. The van der Waals surface area contributed by atoms with E-state index in [2.05, 4.69) is 5.10 Å². The maximum absolute atomic E-state index is 10.4. The van der Waals surface area contributed by atoms with E-state index in [0.29, 0.717) is 6.42 Å². The van der Waals surface area contributed by atoms with E-state index in [1.165, 1.54) is 0 Å². The first kappa shape index (κ1) is 13.8. The average Bonchev–Trinajstić information content (AvgIpc) is 2.70. The molecule has 0 saturated heterocycles. The average molecular weight is 260 g/mol. The standard InChI is InChI=1S/C15H20N2O2/c1-11-9-13(17(2)16-11)10-14(18)15(19-3)12-7-5-4-6-8-12/h4-9,14-15,18H,10H2,1-3H3. The minimum atomic E-state index is -0.595. The molecule has 2 rings (SSSR count). The molecule has 4 heteroatoms. The number of methoxy groups -OCH3 is 1. The first-order valence-corrected chi connectivity index (χ1v) is 6.37. The van der Waals surface area contributed by atoms with Crippen molar-refractivity contribution in [3.63, 3.8) is 0 Å². The van der Waals surface area contributed by atoms with Gasteiger partial charge in [-0.15, -0.1) is 0 Å². The molecular formula is C15H20N2O2. The van der Waals surface area contributed by atoms with Gasteiger partial charge in [0, 0.05) is 26.3 Å². The van der Waals surface area contributed by atoms with Crippen molar-refractivity contribution in [2.24, 2.45) is 7.05 Å². The van der Waals surface area contributed by atoms with Crippen LogP contribution in [0, 0.1) is 6.92 Å². The second-order valence-corrected chi connectivity index (χ2v) is 4.74. The third kappa shape index (κ3) is 3.22. The van der Waals surface area contributed by atoms with Gasteiger partial charge in [0.1, 0.15) is 6.10 Å². The van der Waals surface area contributed by atoms with Crippen LogP contribution in [-0.2, 0) is 18.2 Å². The fourth-order valence-electron chi connectivity index (χ4n) is 2.33. The molecule has 19 heavy (non-hydrogen) atoms. The van der Waals surface area contributed by atoms with Crippen LogP contribution in [0.15, 0.2) is 36.4 Å². The second-order valence-electron chi connectivity index (χ2n) is 4.74. The molecule has 2 aromatic rings. The molecule has 1 aromatic carbocycles. The molecule has 0 spiro atoms.